The smallest absolute Gasteiger partial charge is 0.270 e. The summed E-state index contributed by atoms with van der Waals surface area (Å²) in [5.74, 6) is -0.987. The number of aromatic nitrogens is 3. The Hall–Kier alpha value is -2.68. The van der Waals surface area contributed by atoms with Gasteiger partial charge in [0.2, 0.25) is 5.91 Å². The Morgan fingerprint density at radius 2 is 2.10 bits per heavy atom. The van der Waals surface area contributed by atoms with Crippen LogP contribution in [0.5, 0.6) is 0 Å². The second-order valence-electron chi connectivity index (χ2n) is 3.89. The van der Waals surface area contributed by atoms with Gasteiger partial charge >= 0.3 is 0 Å². The third-order valence-electron chi connectivity index (χ3n) is 2.36. The first-order valence-corrected chi connectivity index (χ1v) is 6.78. The van der Waals surface area contributed by atoms with Gasteiger partial charge in [-0.2, -0.15) is 5.10 Å². The van der Waals surface area contributed by atoms with Gasteiger partial charge in [-0.1, -0.05) is 23.9 Å². The number of para-hydroxylation sites is 1. The largest absolute Gasteiger partial charge is 0.366 e. The van der Waals surface area contributed by atoms with E-state index in [0.717, 1.165) is 18.0 Å². The van der Waals surface area contributed by atoms with Crippen LogP contribution in [0.15, 0.2) is 40.4 Å². The molecule has 0 spiro atoms. The van der Waals surface area contributed by atoms with Gasteiger partial charge in [-0.25, -0.2) is 0 Å². The number of H-pyrrole nitrogens is 1. The summed E-state index contributed by atoms with van der Waals surface area (Å²) in [5, 5.41) is 9.96. The Balaban J connectivity index is 1.99. The molecule has 0 radical (unpaired) electrons. The maximum absolute atomic E-state index is 11.8. The molecule has 9 heteroatoms. The molecule has 21 heavy (non-hydrogen) atoms. The minimum Gasteiger partial charge on any atom is -0.366 e. The fraction of sp³-hybridized carbons (Fsp3) is 0.0833. The van der Waals surface area contributed by atoms with Crippen LogP contribution in [0.25, 0.3) is 0 Å². The molecular formula is C12H11N5O3S. The lowest BCUT2D eigenvalue weighted by Gasteiger charge is -2.08. The zero-order valence-electron chi connectivity index (χ0n) is 10.7. The number of hydrogen-bond donors (Lipinski definition) is 3. The van der Waals surface area contributed by atoms with Gasteiger partial charge in [0.1, 0.15) is 6.20 Å². The molecule has 0 fully saturated rings. The van der Waals surface area contributed by atoms with Crippen LogP contribution in [-0.2, 0) is 4.79 Å². The Labute approximate surface area is 123 Å². The number of nitrogens with one attached hydrogen (secondary N) is 2. The van der Waals surface area contributed by atoms with Crippen molar-refractivity contribution in [2.45, 2.75) is 5.16 Å². The number of benzene rings is 1. The van der Waals surface area contributed by atoms with Crippen LogP contribution in [0.4, 0.5) is 5.69 Å². The molecule has 1 heterocycles. The van der Waals surface area contributed by atoms with Crippen molar-refractivity contribution in [3.8, 4) is 0 Å². The lowest BCUT2D eigenvalue weighted by molar-refractivity contribution is -0.113. The third kappa shape index (κ3) is 4.14. The summed E-state index contributed by atoms with van der Waals surface area (Å²) >= 11 is 1.02. The van der Waals surface area contributed by atoms with E-state index in [0.29, 0.717) is 5.69 Å². The van der Waals surface area contributed by atoms with Gasteiger partial charge in [-0.15, -0.1) is 5.10 Å². The van der Waals surface area contributed by atoms with Crippen molar-refractivity contribution in [1.29, 1.82) is 0 Å². The summed E-state index contributed by atoms with van der Waals surface area (Å²) in [6.45, 7) is 0. The van der Waals surface area contributed by atoms with Gasteiger partial charge in [0, 0.05) is 0 Å². The second kappa shape index (κ2) is 6.66. The standard InChI is InChI=1S/C12H11N5O3S/c13-11(20)7-3-1-2-4-8(7)15-10(19)6-21-12-16-9(18)5-14-17-12/h1-5H,6H2,(H2,13,20)(H,15,19)(H,16,17,18). The van der Waals surface area contributed by atoms with E-state index in [1.807, 2.05) is 0 Å². The summed E-state index contributed by atoms with van der Waals surface area (Å²) < 4.78 is 0. The molecule has 108 valence electrons. The Morgan fingerprint density at radius 3 is 2.81 bits per heavy atom. The Kier molecular flexibility index (Phi) is 4.67. The van der Waals surface area contributed by atoms with Crippen LogP contribution in [0.3, 0.4) is 0 Å². The van der Waals surface area contributed by atoms with E-state index in [1.165, 1.54) is 6.07 Å². The maximum atomic E-state index is 11.8. The third-order valence-corrected chi connectivity index (χ3v) is 3.22. The van der Waals surface area contributed by atoms with Gasteiger partial charge in [0.25, 0.3) is 11.5 Å². The minimum atomic E-state index is -0.628. The molecule has 2 aromatic rings. The zero-order chi connectivity index (χ0) is 15.2. The monoisotopic (exact) mass is 305 g/mol. The topological polar surface area (TPSA) is 131 Å². The second-order valence-corrected chi connectivity index (χ2v) is 4.85. The van der Waals surface area contributed by atoms with E-state index in [1.54, 1.807) is 18.2 Å². The SMILES string of the molecule is NC(=O)c1ccccc1NC(=O)CSc1nncc(=O)[nH]1. The van der Waals surface area contributed by atoms with E-state index in [-0.39, 0.29) is 22.4 Å². The fourth-order valence-corrected chi connectivity index (χ4v) is 2.11. The number of primary amides is 1. The van der Waals surface area contributed by atoms with Crippen LogP contribution < -0.4 is 16.6 Å². The number of carbonyl (C=O) groups excluding carboxylic acids is 2. The molecule has 0 unspecified atom stereocenters. The van der Waals surface area contributed by atoms with Crippen LogP contribution in [-0.4, -0.2) is 32.7 Å². The molecule has 0 saturated carbocycles. The van der Waals surface area contributed by atoms with E-state index in [9.17, 15) is 14.4 Å². The Bertz CT molecular complexity index is 731. The van der Waals surface area contributed by atoms with Crippen LogP contribution in [0, 0.1) is 0 Å². The number of rotatable bonds is 5. The van der Waals surface area contributed by atoms with Crippen molar-refractivity contribution in [2.24, 2.45) is 5.73 Å². The number of aromatic amines is 1. The van der Waals surface area contributed by atoms with Gasteiger partial charge in [-0.05, 0) is 12.1 Å². The number of nitrogens with two attached hydrogens (primary N) is 1. The van der Waals surface area contributed by atoms with Gasteiger partial charge in [0.05, 0.1) is 17.0 Å². The molecule has 0 aliphatic carbocycles. The molecule has 0 aliphatic rings. The first kappa shape index (κ1) is 14.7. The number of nitrogens with zero attached hydrogens (tertiary/aromatic N) is 2. The number of anilines is 1. The molecule has 0 saturated heterocycles. The predicted molar refractivity (Wildman–Crippen MR) is 77.0 cm³/mol. The summed E-state index contributed by atoms with van der Waals surface area (Å²) in [6.07, 6.45) is 1.03. The predicted octanol–water partition coefficient (Wildman–Crippen LogP) is -0.00540. The quantitative estimate of drug-likeness (QED) is 0.666. The van der Waals surface area contributed by atoms with E-state index in [2.05, 4.69) is 20.5 Å². The molecule has 1 aromatic carbocycles. The number of amides is 2. The van der Waals surface area contributed by atoms with Crippen molar-refractivity contribution >= 4 is 29.3 Å². The molecule has 2 amide bonds. The Morgan fingerprint density at radius 1 is 1.33 bits per heavy atom. The van der Waals surface area contributed by atoms with Gasteiger partial charge in [0.15, 0.2) is 5.16 Å². The van der Waals surface area contributed by atoms with Gasteiger partial charge < -0.3 is 11.1 Å². The van der Waals surface area contributed by atoms with Crippen molar-refractivity contribution in [3.05, 3.63) is 46.4 Å². The minimum absolute atomic E-state index is 0.00172. The fourth-order valence-electron chi connectivity index (χ4n) is 1.49. The number of carbonyl (C=O) groups is 2. The normalized spacial score (nSPS) is 10.1. The molecule has 0 atom stereocenters. The van der Waals surface area contributed by atoms with Crippen LogP contribution in [0.2, 0.25) is 0 Å². The molecular weight excluding hydrogens is 294 g/mol. The van der Waals surface area contributed by atoms with E-state index >= 15 is 0 Å². The average molecular weight is 305 g/mol. The lowest BCUT2D eigenvalue weighted by atomic mass is 10.1. The molecule has 0 aliphatic heterocycles. The van der Waals surface area contributed by atoms with Gasteiger partial charge in [-0.3, -0.25) is 19.4 Å². The van der Waals surface area contributed by atoms with E-state index in [4.69, 9.17) is 5.73 Å². The number of hydrogen-bond acceptors (Lipinski definition) is 6. The zero-order valence-corrected chi connectivity index (χ0v) is 11.5. The first-order chi connectivity index (χ1) is 10.1. The van der Waals surface area contributed by atoms with Crippen LogP contribution >= 0.6 is 11.8 Å². The summed E-state index contributed by atoms with van der Waals surface area (Å²) in [5.41, 5.74) is 5.38. The molecule has 4 N–H and O–H groups in total. The highest BCUT2D eigenvalue weighted by molar-refractivity contribution is 7.99. The molecule has 8 nitrogen and oxygen atoms in total. The molecule has 2 rings (SSSR count). The average Bonchev–Trinajstić information content (AvgIpc) is 2.45. The lowest BCUT2D eigenvalue weighted by Crippen LogP contribution is -2.19. The summed E-state index contributed by atoms with van der Waals surface area (Å²) in [4.78, 5) is 36.5. The highest BCUT2D eigenvalue weighted by Gasteiger charge is 2.11. The molecule has 0 bridgehead atoms. The highest BCUT2D eigenvalue weighted by Crippen LogP contribution is 2.15. The number of thioether (sulfide) groups is 1. The highest BCUT2D eigenvalue weighted by atomic mass is 32.2. The summed E-state index contributed by atoms with van der Waals surface area (Å²) in [7, 11) is 0. The van der Waals surface area contributed by atoms with Crippen molar-refractivity contribution < 1.29 is 9.59 Å². The van der Waals surface area contributed by atoms with Crippen molar-refractivity contribution in [1.82, 2.24) is 15.2 Å². The maximum Gasteiger partial charge on any atom is 0.270 e. The molecule has 1 aromatic heterocycles. The summed E-state index contributed by atoms with van der Waals surface area (Å²) in [6, 6.07) is 6.42. The van der Waals surface area contributed by atoms with E-state index < -0.39 is 11.5 Å². The first-order valence-electron chi connectivity index (χ1n) is 5.80. The van der Waals surface area contributed by atoms with Crippen molar-refractivity contribution in [3.63, 3.8) is 0 Å². The van der Waals surface area contributed by atoms with Crippen molar-refractivity contribution in [2.75, 3.05) is 11.1 Å². The van der Waals surface area contributed by atoms with Crippen LogP contribution in [0.1, 0.15) is 10.4 Å².